The standard InChI is InChI=1S/C34H48F3N3O6/c1-23-19-40(24(2)22-41)33(43)29-18-27(38-32(42)15-16-34(35,36)37)11-14-30(29)46-25(3)8-6-7-17-45-31(23)21-39(4)20-26-9-12-28(44-5)13-10-26/h9-14,18,23-25,31,41H,6-8,15-17,19-22H2,1-5H3,(H,38,42)/t23-,24-,25+,31-/m1/s1. The number of aliphatic hydroxyl groups is 1. The van der Waals surface area contributed by atoms with Crippen LogP contribution < -0.4 is 14.8 Å². The van der Waals surface area contributed by atoms with Gasteiger partial charge < -0.3 is 29.5 Å². The zero-order chi connectivity index (χ0) is 33.9. The fraction of sp³-hybridized carbons (Fsp3) is 0.588. The molecular weight excluding hydrogens is 603 g/mol. The largest absolute Gasteiger partial charge is 0.497 e. The van der Waals surface area contributed by atoms with Gasteiger partial charge in [0.15, 0.2) is 0 Å². The summed E-state index contributed by atoms with van der Waals surface area (Å²) >= 11 is 0. The second-order valence-electron chi connectivity index (χ2n) is 12.2. The van der Waals surface area contributed by atoms with Crippen LogP contribution in [0.25, 0.3) is 0 Å². The van der Waals surface area contributed by atoms with Crippen molar-refractivity contribution < 1.29 is 42.1 Å². The number of benzene rings is 2. The van der Waals surface area contributed by atoms with Crippen LogP contribution in [0.4, 0.5) is 18.9 Å². The quantitative estimate of drug-likeness (QED) is 0.330. The lowest BCUT2D eigenvalue weighted by molar-refractivity contribution is -0.142. The lowest BCUT2D eigenvalue weighted by atomic mass is 10.0. The van der Waals surface area contributed by atoms with Gasteiger partial charge in [-0.15, -0.1) is 0 Å². The van der Waals surface area contributed by atoms with Crippen LogP contribution in [0, 0.1) is 5.92 Å². The van der Waals surface area contributed by atoms with Crippen molar-refractivity contribution in [2.45, 2.75) is 83.8 Å². The Bertz CT molecular complexity index is 1260. The number of amides is 2. The summed E-state index contributed by atoms with van der Waals surface area (Å²) in [7, 11) is 3.65. The number of nitrogens with one attached hydrogen (secondary N) is 1. The number of aliphatic hydroxyl groups excluding tert-OH is 1. The van der Waals surface area contributed by atoms with E-state index < -0.39 is 36.9 Å². The van der Waals surface area contributed by atoms with Crippen molar-refractivity contribution >= 4 is 17.5 Å². The number of hydrogen-bond acceptors (Lipinski definition) is 7. The van der Waals surface area contributed by atoms with Gasteiger partial charge in [0.25, 0.3) is 5.91 Å². The van der Waals surface area contributed by atoms with Crippen LogP contribution in [0.15, 0.2) is 42.5 Å². The Morgan fingerprint density at radius 3 is 2.54 bits per heavy atom. The molecule has 46 heavy (non-hydrogen) atoms. The third-order valence-electron chi connectivity index (χ3n) is 8.07. The van der Waals surface area contributed by atoms with E-state index in [4.69, 9.17) is 14.2 Å². The maximum atomic E-state index is 14.2. The summed E-state index contributed by atoms with van der Waals surface area (Å²) in [6, 6.07) is 11.8. The van der Waals surface area contributed by atoms with Crippen molar-refractivity contribution in [3.63, 3.8) is 0 Å². The molecule has 2 aromatic carbocycles. The molecule has 2 aromatic rings. The number of methoxy groups -OCH3 is 1. The van der Waals surface area contributed by atoms with Crippen LogP contribution in [0.3, 0.4) is 0 Å². The summed E-state index contributed by atoms with van der Waals surface area (Å²) < 4.78 is 55.8. The molecule has 0 radical (unpaired) electrons. The van der Waals surface area contributed by atoms with Crippen molar-refractivity contribution in [2.75, 3.05) is 45.8 Å². The molecule has 0 unspecified atom stereocenters. The van der Waals surface area contributed by atoms with Crippen LogP contribution >= 0.6 is 0 Å². The van der Waals surface area contributed by atoms with Crippen molar-refractivity contribution in [3.05, 3.63) is 53.6 Å². The fourth-order valence-electron chi connectivity index (χ4n) is 5.36. The molecule has 1 aliphatic rings. The van der Waals surface area contributed by atoms with Crippen LogP contribution in [0.5, 0.6) is 11.5 Å². The molecule has 0 bridgehead atoms. The molecule has 0 saturated heterocycles. The number of alkyl halides is 3. The van der Waals surface area contributed by atoms with Gasteiger partial charge in [0.2, 0.25) is 5.91 Å². The van der Waals surface area contributed by atoms with Gasteiger partial charge in [-0.25, -0.2) is 0 Å². The molecule has 2 N–H and O–H groups in total. The minimum absolute atomic E-state index is 0.132. The molecule has 0 aromatic heterocycles. The fourth-order valence-corrected chi connectivity index (χ4v) is 5.36. The van der Waals surface area contributed by atoms with Gasteiger partial charge in [-0.2, -0.15) is 13.2 Å². The van der Waals surface area contributed by atoms with Crippen LogP contribution in [-0.2, 0) is 16.1 Å². The first-order valence-electron chi connectivity index (χ1n) is 15.8. The number of carbonyl (C=O) groups is 2. The highest BCUT2D eigenvalue weighted by Gasteiger charge is 2.31. The van der Waals surface area contributed by atoms with Crippen LogP contribution in [0.1, 0.15) is 68.8 Å². The Morgan fingerprint density at radius 2 is 1.89 bits per heavy atom. The van der Waals surface area contributed by atoms with E-state index in [1.807, 2.05) is 45.2 Å². The lowest BCUT2D eigenvalue weighted by Crippen LogP contribution is -2.47. The third kappa shape index (κ3) is 11.8. The number of halogens is 3. The third-order valence-corrected chi connectivity index (χ3v) is 8.07. The zero-order valence-corrected chi connectivity index (χ0v) is 27.4. The monoisotopic (exact) mass is 651 g/mol. The second kappa shape index (κ2) is 17.5. The second-order valence-corrected chi connectivity index (χ2v) is 12.2. The first kappa shape index (κ1) is 37.1. The first-order valence-corrected chi connectivity index (χ1v) is 15.8. The summed E-state index contributed by atoms with van der Waals surface area (Å²) in [5, 5.41) is 12.6. The van der Waals surface area contributed by atoms with E-state index in [-0.39, 0.29) is 42.5 Å². The Hall–Kier alpha value is -3.35. The number of ether oxygens (including phenoxy) is 3. The van der Waals surface area contributed by atoms with Gasteiger partial charge in [0.05, 0.1) is 44.0 Å². The van der Waals surface area contributed by atoms with Crippen LogP contribution in [-0.4, -0.2) is 91.6 Å². The summed E-state index contributed by atoms with van der Waals surface area (Å²) in [5.74, 6) is -0.280. The molecular formula is C34H48F3N3O6. The average molecular weight is 652 g/mol. The van der Waals surface area contributed by atoms with E-state index in [0.717, 1.165) is 24.2 Å². The van der Waals surface area contributed by atoms with E-state index in [9.17, 15) is 27.9 Å². The summed E-state index contributed by atoms with van der Waals surface area (Å²) in [4.78, 5) is 30.2. The molecule has 0 spiro atoms. The minimum atomic E-state index is -4.46. The molecule has 4 atom stereocenters. The summed E-state index contributed by atoms with van der Waals surface area (Å²) in [6.07, 6.45) is -4.53. The molecule has 0 saturated carbocycles. The molecule has 0 fully saturated rings. The number of hydrogen-bond donors (Lipinski definition) is 2. The highest BCUT2D eigenvalue weighted by Crippen LogP contribution is 2.29. The number of rotatable bonds is 10. The predicted octanol–water partition coefficient (Wildman–Crippen LogP) is 5.90. The van der Waals surface area contributed by atoms with Gasteiger partial charge in [-0.05, 0) is 76.1 Å². The summed E-state index contributed by atoms with van der Waals surface area (Å²) in [5.41, 5.74) is 1.45. The van der Waals surface area contributed by atoms with E-state index >= 15 is 0 Å². The topological polar surface area (TPSA) is 101 Å². The minimum Gasteiger partial charge on any atom is -0.497 e. The van der Waals surface area contributed by atoms with Crippen molar-refractivity contribution in [1.29, 1.82) is 0 Å². The van der Waals surface area contributed by atoms with E-state index in [1.54, 1.807) is 25.0 Å². The molecule has 2 amide bonds. The lowest BCUT2D eigenvalue weighted by Gasteiger charge is -2.36. The Morgan fingerprint density at radius 1 is 1.17 bits per heavy atom. The summed E-state index contributed by atoms with van der Waals surface area (Å²) in [6.45, 7) is 7.47. The maximum Gasteiger partial charge on any atom is 0.389 e. The highest BCUT2D eigenvalue weighted by atomic mass is 19.4. The normalized spacial score (nSPS) is 20.8. The van der Waals surface area contributed by atoms with Crippen molar-refractivity contribution in [3.8, 4) is 11.5 Å². The highest BCUT2D eigenvalue weighted by molar-refractivity contribution is 5.99. The number of nitrogens with zero attached hydrogens (tertiary/aromatic N) is 2. The van der Waals surface area contributed by atoms with E-state index in [0.29, 0.717) is 31.9 Å². The first-order chi connectivity index (χ1) is 21.8. The maximum absolute atomic E-state index is 14.2. The Balaban J connectivity index is 1.87. The molecule has 0 aliphatic carbocycles. The van der Waals surface area contributed by atoms with E-state index in [1.165, 1.54) is 12.1 Å². The van der Waals surface area contributed by atoms with Crippen molar-refractivity contribution in [1.82, 2.24) is 9.80 Å². The average Bonchev–Trinajstić information content (AvgIpc) is 3.01. The number of likely N-dealkylation sites (N-methyl/N-ethyl adjacent to an activating group) is 1. The number of carbonyl (C=O) groups excluding carboxylic acids is 2. The van der Waals surface area contributed by atoms with Gasteiger partial charge in [0, 0.05) is 44.3 Å². The number of anilines is 1. The van der Waals surface area contributed by atoms with Crippen LogP contribution in [0.2, 0.25) is 0 Å². The molecule has 12 heteroatoms. The van der Waals surface area contributed by atoms with Crippen molar-refractivity contribution in [2.24, 2.45) is 5.92 Å². The molecule has 256 valence electrons. The van der Waals surface area contributed by atoms with Gasteiger partial charge >= 0.3 is 6.18 Å². The smallest absolute Gasteiger partial charge is 0.389 e. The molecule has 3 rings (SSSR count). The van der Waals surface area contributed by atoms with Gasteiger partial charge in [-0.1, -0.05) is 19.1 Å². The zero-order valence-electron chi connectivity index (χ0n) is 27.4. The van der Waals surface area contributed by atoms with E-state index in [2.05, 4.69) is 10.2 Å². The molecule has 1 heterocycles. The Kier molecular flexibility index (Phi) is 14.1. The molecule has 1 aliphatic heterocycles. The number of fused-ring (bicyclic) bond motifs is 1. The SMILES string of the molecule is COc1ccc(CN(C)C[C@H]2OCCCC[C@H](C)Oc3ccc(NC(=O)CCC(F)(F)F)cc3C(=O)N([C@H](C)CO)C[C@H]2C)cc1. The molecule has 9 nitrogen and oxygen atoms in total. The Labute approximate surface area is 270 Å². The van der Waals surface area contributed by atoms with Gasteiger partial charge in [0.1, 0.15) is 11.5 Å². The predicted molar refractivity (Wildman–Crippen MR) is 170 cm³/mol. The van der Waals surface area contributed by atoms with Gasteiger partial charge in [-0.3, -0.25) is 14.5 Å².